The van der Waals surface area contributed by atoms with E-state index >= 15 is 0 Å². The van der Waals surface area contributed by atoms with Crippen LogP contribution in [0.15, 0.2) is 0 Å². The standard InChI is InChI=1S/C22H44O2/c1-20(2)16-12-8-6-7-9-13-17-21(23)24-19-15-11-10-14-18-22(3,4)5/h20H,6-19H2,1-5H3. The molecule has 0 aliphatic carbocycles. The van der Waals surface area contributed by atoms with E-state index in [9.17, 15) is 4.79 Å². The Morgan fingerprint density at radius 2 is 1.33 bits per heavy atom. The first-order valence-electron chi connectivity index (χ1n) is 10.5. The van der Waals surface area contributed by atoms with Crippen molar-refractivity contribution in [3.05, 3.63) is 0 Å². The molecule has 0 unspecified atom stereocenters. The van der Waals surface area contributed by atoms with Gasteiger partial charge in [0.2, 0.25) is 0 Å². The summed E-state index contributed by atoms with van der Waals surface area (Å²) in [4.78, 5) is 11.7. The molecule has 0 N–H and O–H groups in total. The summed E-state index contributed by atoms with van der Waals surface area (Å²) in [5.41, 5.74) is 0.445. The zero-order valence-corrected chi connectivity index (χ0v) is 17.3. The second kappa shape index (κ2) is 14.8. The normalized spacial score (nSPS) is 11.9. The summed E-state index contributed by atoms with van der Waals surface area (Å²) in [6.07, 6.45) is 15.4. The van der Waals surface area contributed by atoms with Crippen LogP contribution in [-0.4, -0.2) is 12.6 Å². The summed E-state index contributed by atoms with van der Waals surface area (Å²) in [5.74, 6) is 0.836. The number of ether oxygens (including phenoxy) is 1. The van der Waals surface area contributed by atoms with Gasteiger partial charge >= 0.3 is 5.97 Å². The van der Waals surface area contributed by atoms with E-state index < -0.39 is 0 Å². The quantitative estimate of drug-likeness (QED) is 0.231. The highest BCUT2D eigenvalue weighted by Gasteiger charge is 2.08. The molecule has 0 fully saturated rings. The molecule has 0 saturated heterocycles. The molecule has 24 heavy (non-hydrogen) atoms. The van der Waals surface area contributed by atoms with Gasteiger partial charge in [-0.25, -0.2) is 0 Å². The highest BCUT2D eigenvalue weighted by molar-refractivity contribution is 5.69. The molecular formula is C22H44O2. The Morgan fingerprint density at radius 1 is 0.792 bits per heavy atom. The third kappa shape index (κ3) is 19.5. The lowest BCUT2D eigenvalue weighted by atomic mass is 9.89. The minimum Gasteiger partial charge on any atom is -0.466 e. The third-order valence-corrected chi connectivity index (χ3v) is 4.50. The number of carbonyl (C=O) groups is 1. The van der Waals surface area contributed by atoms with E-state index in [0.717, 1.165) is 18.8 Å². The summed E-state index contributed by atoms with van der Waals surface area (Å²) in [7, 11) is 0. The van der Waals surface area contributed by atoms with Gasteiger partial charge in [0.25, 0.3) is 0 Å². The Balaban J connectivity index is 3.24. The molecular weight excluding hydrogens is 296 g/mol. The highest BCUT2D eigenvalue weighted by atomic mass is 16.5. The van der Waals surface area contributed by atoms with Crippen LogP contribution in [0, 0.1) is 11.3 Å². The molecule has 0 bridgehead atoms. The van der Waals surface area contributed by atoms with Crippen LogP contribution in [0.25, 0.3) is 0 Å². The highest BCUT2D eigenvalue weighted by Crippen LogP contribution is 2.22. The van der Waals surface area contributed by atoms with Gasteiger partial charge in [0.1, 0.15) is 0 Å². The molecule has 0 aliphatic rings. The third-order valence-electron chi connectivity index (χ3n) is 4.50. The molecule has 0 aliphatic heterocycles. The van der Waals surface area contributed by atoms with Crippen molar-refractivity contribution in [3.63, 3.8) is 0 Å². The molecule has 2 heteroatoms. The van der Waals surface area contributed by atoms with E-state index in [1.54, 1.807) is 0 Å². The lowest BCUT2D eigenvalue weighted by Gasteiger charge is -2.17. The Labute approximate surface area is 152 Å². The fraction of sp³-hybridized carbons (Fsp3) is 0.955. The number of esters is 1. The summed E-state index contributed by atoms with van der Waals surface area (Å²) in [6.45, 7) is 12.1. The average Bonchev–Trinajstić information content (AvgIpc) is 2.47. The van der Waals surface area contributed by atoms with E-state index in [1.165, 1.54) is 64.2 Å². The monoisotopic (exact) mass is 340 g/mol. The molecule has 2 nitrogen and oxygen atoms in total. The number of hydrogen-bond donors (Lipinski definition) is 0. The number of unbranched alkanes of at least 4 members (excludes halogenated alkanes) is 8. The van der Waals surface area contributed by atoms with E-state index in [1.807, 2.05) is 0 Å². The van der Waals surface area contributed by atoms with Crippen molar-refractivity contribution in [2.24, 2.45) is 11.3 Å². The molecule has 0 aromatic rings. The van der Waals surface area contributed by atoms with E-state index in [0.29, 0.717) is 18.4 Å². The maximum Gasteiger partial charge on any atom is 0.305 e. The molecule has 0 radical (unpaired) electrons. The minimum absolute atomic E-state index is 0.00417. The van der Waals surface area contributed by atoms with Gasteiger partial charge in [-0.3, -0.25) is 4.79 Å². The second-order valence-corrected chi connectivity index (χ2v) is 9.00. The van der Waals surface area contributed by atoms with Gasteiger partial charge in [0.05, 0.1) is 6.61 Å². The predicted octanol–water partition coefficient (Wildman–Crippen LogP) is 7.30. The maximum atomic E-state index is 11.7. The number of carbonyl (C=O) groups excluding carboxylic acids is 1. The topological polar surface area (TPSA) is 26.3 Å². The first kappa shape index (κ1) is 23.5. The van der Waals surface area contributed by atoms with Crippen LogP contribution in [0.5, 0.6) is 0 Å². The first-order valence-corrected chi connectivity index (χ1v) is 10.5. The van der Waals surface area contributed by atoms with E-state index in [2.05, 4.69) is 34.6 Å². The van der Waals surface area contributed by atoms with Gasteiger partial charge < -0.3 is 4.74 Å². The summed E-state index contributed by atoms with van der Waals surface area (Å²) < 4.78 is 5.32. The van der Waals surface area contributed by atoms with E-state index in [-0.39, 0.29) is 5.97 Å². The van der Waals surface area contributed by atoms with Crippen molar-refractivity contribution >= 4 is 5.97 Å². The van der Waals surface area contributed by atoms with Crippen molar-refractivity contribution < 1.29 is 9.53 Å². The van der Waals surface area contributed by atoms with Crippen LogP contribution in [0.3, 0.4) is 0 Å². The molecule has 0 amide bonds. The van der Waals surface area contributed by atoms with Gasteiger partial charge in [-0.05, 0) is 30.6 Å². The van der Waals surface area contributed by atoms with Crippen LogP contribution in [-0.2, 0) is 9.53 Å². The first-order chi connectivity index (χ1) is 11.3. The number of rotatable bonds is 15. The SMILES string of the molecule is CC(C)CCCCCCCCC(=O)OCCCCCCC(C)(C)C. The van der Waals surface area contributed by atoms with Crippen molar-refractivity contribution in [2.45, 2.75) is 118 Å². The van der Waals surface area contributed by atoms with Crippen molar-refractivity contribution in [2.75, 3.05) is 6.61 Å². The fourth-order valence-corrected chi connectivity index (χ4v) is 2.90. The Bertz CT molecular complexity index is 289. The van der Waals surface area contributed by atoms with Crippen LogP contribution >= 0.6 is 0 Å². The molecule has 0 saturated carbocycles. The zero-order chi connectivity index (χ0) is 18.3. The smallest absolute Gasteiger partial charge is 0.305 e. The van der Waals surface area contributed by atoms with Gasteiger partial charge in [-0.15, -0.1) is 0 Å². The average molecular weight is 341 g/mol. The van der Waals surface area contributed by atoms with Crippen LogP contribution in [0.4, 0.5) is 0 Å². The molecule has 144 valence electrons. The Morgan fingerprint density at radius 3 is 1.96 bits per heavy atom. The van der Waals surface area contributed by atoms with Gasteiger partial charge in [0, 0.05) is 6.42 Å². The molecule has 0 aromatic heterocycles. The summed E-state index contributed by atoms with van der Waals surface area (Å²) >= 11 is 0. The molecule has 0 spiro atoms. The van der Waals surface area contributed by atoms with Crippen LogP contribution in [0.1, 0.15) is 118 Å². The molecule has 0 atom stereocenters. The minimum atomic E-state index is 0.00417. The lowest BCUT2D eigenvalue weighted by Crippen LogP contribution is -2.06. The van der Waals surface area contributed by atoms with Crippen molar-refractivity contribution in [1.82, 2.24) is 0 Å². The van der Waals surface area contributed by atoms with Crippen molar-refractivity contribution in [1.29, 1.82) is 0 Å². The van der Waals surface area contributed by atoms with Gasteiger partial charge in [-0.2, -0.15) is 0 Å². The molecule has 0 heterocycles. The molecule has 0 aromatic carbocycles. The fourth-order valence-electron chi connectivity index (χ4n) is 2.90. The van der Waals surface area contributed by atoms with E-state index in [4.69, 9.17) is 4.74 Å². The summed E-state index contributed by atoms with van der Waals surface area (Å²) in [5, 5.41) is 0. The van der Waals surface area contributed by atoms with Crippen LogP contribution in [0.2, 0.25) is 0 Å². The Hall–Kier alpha value is -0.530. The van der Waals surface area contributed by atoms with Crippen molar-refractivity contribution in [3.8, 4) is 0 Å². The summed E-state index contributed by atoms with van der Waals surface area (Å²) in [6, 6.07) is 0. The number of hydrogen-bond acceptors (Lipinski definition) is 2. The Kier molecular flexibility index (Phi) is 14.5. The zero-order valence-electron chi connectivity index (χ0n) is 17.3. The predicted molar refractivity (Wildman–Crippen MR) is 105 cm³/mol. The lowest BCUT2D eigenvalue weighted by molar-refractivity contribution is -0.143. The molecule has 0 rings (SSSR count). The van der Waals surface area contributed by atoms with Crippen LogP contribution < -0.4 is 0 Å². The maximum absolute atomic E-state index is 11.7. The second-order valence-electron chi connectivity index (χ2n) is 9.00. The van der Waals surface area contributed by atoms with Gasteiger partial charge in [-0.1, -0.05) is 92.4 Å². The van der Waals surface area contributed by atoms with Gasteiger partial charge in [0.15, 0.2) is 0 Å². The largest absolute Gasteiger partial charge is 0.466 e.